The van der Waals surface area contributed by atoms with Gasteiger partial charge in [-0.1, -0.05) is 30.3 Å². The molecule has 1 unspecified atom stereocenters. The monoisotopic (exact) mass is 467 g/mol. The fourth-order valence-corrected chi connectivity index (χ4v) is 5.70. The van der Waals surface area contributed by atoms with E-state index >= 15 is 0 Å². The number of ether oxygens (including phenoxy) is 1. The molecule has 1 atom stereocenters. The number of hydrogen-bond donors (Lipinski definition) is 1. The van der Waals surface area contributed by atoms with Crippen LogP contribution in [0.15, 0.2) is 53.6 Å². The fourth-order valence-electron chi connectivity index (χ4n) is 4.44. The van der Waals surface area contributed by atoms with Gasteiger partial charge in [0.25, 0.3) is 5.56 Å². The van der Waals surface area contributed by atoms with E-state index in [1.165, 1.54) is 6.07 Å². The second-order valence-electron chi connectivity index (χ2n) is 8.21. The molecule has 5 nitrogen and oxygen atoms in total. The molecule has 5 rings (SSSR count). The molecular formula is C25H23F2N3O2S. The highest BCUT2D eigenvalue weighted by atomic mass is 32.1. The smallest absolute Gasteiger partial charge is 0.262 e. The lowest BCUT2D eigenvalue weighted by atomic mass is 9.93. The van der Waals surface area contributed by atoms with E-state index in [0.717, 1.165) is 51.9 Å². The molecule has 1 N–H and O–H groups in total. The molecule has 8 heteroatoms. The molecule has 1 aliphatic rings. The molecule has 0 fully saturated rings. The number of fused-ring (bicyclic) bond motifs is 3. The lowest BCUT2D eigenvalue weighted by molar-refractivity contribution is 0.408. The summed E-state index contributed by atoms with van der Waals surface area (Å²) in [6.07, 6.45) is 3.89. The van der Waals surface area contributed by atoms with Gasteiger partial charge in [-0.2, -0.15) is 0 Å². The van der Waals surface area contributed by atoms with E-state index < -0.39 is 11.6 Å². The van der Waals surface area contributed by atoms with E-state index in [1.807, 2.05) is 24.3 Å². The maximum absolute atomic E-state index is 14.0. The fraction of sp³-hybridized carbons (Fsp3) is 0.280. The first-order valence-corrected chi connectivity index (χ1v) is 11.6. The molecule has 2 aromatic heterocycles. The quantitative estimate of drug-likeness (QED) is 0.456. The van der Waals surface area contributed by atoms with Crippen LogP contribution < -0.4 is 15.6 Å². The third kappa shape index (κ3) is 4.16. The van der Waals surface area contributed by atoms with Crippen LogP contribution in [-0.2, 0) is 25.9 Å². The summed E-state index contributed by atoms with van der Waals surface area (Å²) < 4.78 is 34.5. The highest BCUT2D eigenvalue weighted by molar-refractivity contribution is 7.18. The van der Waals surface area contributed by atoms with Gasteiger partial charge in [-0.3, -0.25) is 9.36 Å². The van der Waals surface area contributed by atoms with Gasteiger partial charge in [0.2, 0.25) is 0 Å². The molecule has 0 amide bonds. The predicted molar refractivity (Wildman–Crippen MR) is 125 cm³/mol. The topological polar surface area (TPSA) is 56.2 Å². The minimum absolute atomic E-state index is 0.0448. The first-order chi connectivity index (χ1) is 16.0. The molecule has 2 aromatic carbocycles. The lowest BCUT2D eigenvalue weighted by Crippen LogP contribution is -2.34. The van der Waals surface area contributed by atoms with Crippen LogP contribution in [0.3, 0.4) is 0 Å². The summed E-state index contributed by atoms with van der Waals surface area (Å²) in [5, 5.41) is 4.04. The molecule has 0 saturated heterocycles. The minimum atomic E-state index is -0.833. The van der Waals surface area contributed by atoms with E-state index in [-0.39, 0.29) is 18.1 Å². The molecule has 0 saturated carbocycles. The van der Waals surface area contributed by atoms with Gasteiger partial charge >= 0.3 is 0 Å². The molecule has 0 aliphatic heterocycles. The number of para-hydroxylation sites is 1. The van der Waals surface area contributed by atoms with E-state index in [1.54, 1.807) is 35.4 Å². The highest BCUT2D eigenvalue weighted by Gasteiger charge is 2.25. The largest absolute Gasteiger partial charge is 0.496 e. The zero-order chi connectivity index (χ0) is 22.9. The molecule has 2 heterocycles. The van der Waals surface area contributed by atoms with Crippen molar-refractivity contribution in [2.45, 2.75) is 38.4 Å². The first kappa shape index (κ1) is 21.7. The van der Waals surface area contributed by atoms with E-state index in [4.69, 9.17) is 4.74 Å². The van der Waals surface area contributed by atoms with Crippen LogP contribution in [0.5, 0.6) is 5.75 Å². The SMILES string of the molecule is COc1ccccc1Cn1cnc2sc3c(c2c1=O)CCC(NCc1cccc(F)c1F)C3. The Kier molecular flexibility index (Phi) is 5.95. The Morgan fingerprint density at radius 1 is 1.18 bits per heavy atom. The number of benzene rings is 2. The summed E-state index contributed by atoms with van der Waals surface area (Å²) in [5.41, 5.74) is 2.26. The molecule has 0 spiro atoms. The van der Waals surface area contributed by atoms with Gasteiger partial charge in [-0.25, -0.2) is 13.8 Å². The molecule has 1 aliphatic carbocycles. The average Bonchev–Trinajstić information content (AvgIpc) is 3.20. The molecule has 0 bridgehead atoms. The van der Waals surface area contributed by atoms with Crippen LogP contribution >= 0.6 is 11.3 Å². The van der Waals surface area contributed by atoms with Gasteiger partial charge in [0.05, 0.1) is 25.4 Å². The van der Waals surface area contributed by atoms with Crippen LogP contribution in [0.2, 0.25) is 0 Å². The molecular weight excluding hydrogens is 444 g/mol. The Balaban J connectivity index is 1.37. The Bertz CT molecular complexity index is 1380. The van der Waals surface area contributed by atoms with Crippen molar-refractivity contribution < 1.29 is 13.5 Å². The van der Waals surface area contributed by atoms with E-state index in [0.29, 0.717) is 17.5 Å². The molecule has 33 heavy (non-hydrogen) atoms. The van der Waals surface area contributed by atoms with Crippen molar-refractivity contribution in [3.05, 3.63) is 92.3 Å². The van der Waals surface area contributed by atoms with Crippen molar-refractivity contribution in [2.24, 2.45) is 0 Å². The Hall–Kier alpha value is -3.10. The number of nitrogens with zero attached hydrogens (tertiary/aromatic N) is 2. The standard InChI is InChI=1S/C25H23F2N3O2S/c1-32-20-8-3-2-5-16(20)13-30-14-29-24-22(25(30)31)18-10-9-17(11-21(18)33-24)28-12-15-6-4-7-19(26)23(15)27/h2-8,14,17,28H,9-13H2,1H3. The summed E-state index contributed by atoms with van der Waals surface area (Å²) in [5.74, 6) is -0.899. The number of hydrogen-bond acceptors (Lipinski definition) is 5. The van der Waals surface area contributed by atoms with Gasteiger partial charge in [-0.05, 0) is 37.0 Å². The van der Waals surface area contributed by atoms with Gasteiger partial charge in [0.1, 0.15) is 10.6 Å². The maximum Gasteiger partial charge on any atom is 0.262 e. The van der Waals surface area contributed by atoms with Crippen LogP contribution in [-0.4, -0.2) is 22.7 Å². The van der Waals surface area contributed by atoms with Crippen molar-refractivity contribution >= 4 is 21.6 Å². The van der Waals surface area contributed by atoms with E-state index in [9.17, 15) is 13.6 Å². The number of rotatable bonds is 6. The first-order valence-electron chi connectivity index (χ1n) is 10.8. The van der Waals surface area contributed by atoms with Crippen LogP contribution in [0.4, 0.5) is 8.78 Å². The predicted octanol–water partition coefficient (Wildman–Crippen LogP) is 4.44. The molecule has 170 valence electrons. The zero-order valence-corrected chi connectivity index (χ0v) is 18.9. The van der Waals surface area contributed by atoms with Crippen molar-refractivity contribution in [1.82, 2.24) is 14.9 Å². The van der Waals surface area contributed by atoms with Crippen LogP contribution in [0.25, 0.3) is 10.2 Å². The van der Waals surface area contributed by atoms with Crippen molar-refractivity contribution in [1.29, 1.82) is 0 Å². The third-order valence-corrected chi connectivity index (χ3v) is 7.34. The summed E-state index contributed by atoms with van der Waals surface area (Å²) in [6, 6.07) is 12.0. The summed E-state index contributed by atoms with van der Waals surface area (Å²) >= 11 is 1.54. The number of aromatic nitrogens is 2. The van der Waals surface area contributed by atoms with Crippen LogP contribution in [0.1, 0.15) is 28.0 Å². The van der Waals surface area contributed by atoms with Crippen molar-refractivity contribution in [3.8, 4) is 5.75 Å². The Morgan fingerprint density at radius 3 is 2.85 bits per heavy atom. The second kappa shape index (κ2) is 9.03. The minimum Gasteiger partial charge on any atom is -0.496 e. The highest BCUT2D eigenvalue weighted by Crippen LogP contribution is 2.34. The zero-order valence-electron chi connectivity index (χ0n) is 18.1. The second-order valence-corrected chi connectivity index (χ2v) is 9.29. The number of halogens is 2. The van der Waals surface area contributed by atoms with Gasteiger partial charge < -0.3 is 10.1 Å². The van der Waals surface area contributed by atoms with Gasteiger partial charge in [0, 0.05) is 28.6 Å². The average molecular weight is 468 g/mol. The van der Waals surface area contributed by atoms with Crippen LogP contribution in [0, 0.1) is 11.6 Å². The number of methoxy groups -OCH3 is 1. The van der Waals surface area contributed by atoms with Gasteiger partial charge in [0.15, 0.2) is 11.6 Å². The maximum atomic E-state index is 14.0. The van der Waals surface area contributed by atoms with E-state index in [2.05, 4.69) is 10.3 Å². The summed E-state index contributed by atoms with van der Waals surface area (Å²) in [7, 11) is 1.62. The third-order valence-electron chi connectivity index (χ3n) is 6.18. The Morgan fingerprint density at radius 2 is 2.00 bits per heavy atom. The number of thiophene rings is 1. The normalized spacial score (nSPS) is 15.5. The van der Waals surface area contributed by atoms with Crippen molar-refractivity contribution in [3.63, 3.8) is 0 Å². The number of nitrogens with one attached hydrogen (secondary N) is 1. The van der Waals surface area contributed by atoms with Crippen molar-refractivity contribution in [2.75, 3.05) is 7.11 Å². The lowest BCUT2D eigenvalue weighted by Gasteiger charge is -2.23. The Labute approximate surface area is 193 Å². The number of aryl methyl sites for hydroxylation is 1. The summed E-state index contributed by atoms with van der Waals surface area (Å²) in [6.45, 7) is 0.651. The summed E-state index contributed by atoms with van der Waals surface area (Å²) in [4.78, 5) is 19.8. The molecule has 4 aromatic rings. The molecule has 0 radical (unpaired) electrons. The van der Waals surface area contributed by atoms with Gasteiger partial charge in [-0.15, -0.1) is 11.3 Å².